The number of aryl methyl sites for hydroxylation is 2. The first-order chi connectivity index (χ1) is 9.06. The van der Waals surface area contributed by atoms with Crippen LogP contribution in [0.4, 0.5) is 0 Å². The van der Waals surface area contributed by atoms with E-state index in [0.29, 0.717) is 17.0 Å². The van der Waals surface area contributed by atoms with Gasteiger partial charge in [0.05, 0.1) is 18.5 Å². The fraction of sp³-hybridized carbons (Fsp3) is 0.231. The van der Waals surface area contributed by atoms with Gasteiger partial charge in [-0.1, -0.05) is 5.16 Å². The van der Waals surface area contributed by atoms with E-state index in [9.17, 15) is 0 Å². The molecule has 1 aromatic heterocycles. The summed E-state index contributed by atoms with van der Waals surface area (Å²) in [6.45, 7) is 3.85. The van der Waals surface area contributed by atoms with Gasteiger partial charge in [0.25, 0.3) is 0 Å². The normalized spacial score (nSPS) is 11.6. The molecule has 19 heavy (non-hydrogen) atoms. The van der Waals surface area contributed by atoms with Gasteiger partial charge in [0, 0.05) is 17.3 Å². The van der Waals surface area contributed by atoms with Crippen molar-refractivity contribution in [1.82, 2.24) is 9.78 Å². The maximum atomic E-state index is 8.86. The maximum Gasteiger partial charge on any atom is 0.172 e. The molecule has 0 aliphatic heterocycles. The number of nitrogens with zero attached hydrogens (tertiary/aromatic N) is 3. The summed E-state index contributed by atoms with van der Waals surface area (Å²) in [6, 6.07) is 7.24. The summed E-state index contributed by atoms with van der Waals surface area (Å²) >= 11 is 0. The van der Waals surface area contributed by atoms with Crippen molar-refractivity contribution >= 4 is 5.84 Å². The van der Waals surface area contributed by atoms with Crippen LogP contribution in [0, 0.1) is 13.8 Å². The van der Waals surface area contributed by atoms with Gasteiger partial charge in [0.15, 0.2) is 5.84 Å². The van der Waals surface area contributed by atoms with Crippen molar-refractivity contribution < 1.29 is 9.94 Å². The molecule has 0 radical (unpaired) electrons. The minimum atomic E-state index is 0.0326. The van der Waals surface area contributed by atoms with Crippen LogP contribution in [-0.4, -0.2) is 27.9 Å². The molecule has 6 nitrogen and oxygen atoms in total. The lowest BCUT2D eigenvalue weighted by Crippen LogP contribution is -2.17. The SMILES string of the molecule is COc1ccc(/C(N)=N/O)c(-n2nc(C)cc2C)c1. The van der Waals surface area contributed by atoms with E-state index in [1.807, 2.05) is 19.9 Å². The first-order valence-electron chi connectivity index (χ1n) is 5.76. The second kappa shape index (κ2) is 5.01. The number of ether oxygens (including phenoxy) is 1. The summed E-state index contributed by atoms with van der Waals surface area (Å²) in [7, 11) is 1.59. The molecule has 0 saturated carbocycles. The average molecular weight is 260 g/mol. The highest BCUT2D eigenvalue weighted by atomic mass is 16.5. The van der Waals surface area contributed by atoms with Crippen LogP contribution >= 0.6 is 0 Å². The Morgan fingerprint density at radius 1 is 1.37 bits per heavy atom. The Morgan fingerprint density at radius 3 is 2.63 bits per heavy atom. The first kappa shape index (κ1) is 12.9. The quantitative estimate of drug-likeness (QED) is 0.380. The van der Waals surface area contributed by atoms with E-state index in [-0.39, 0.29) is 5.84 Å². The van der Waals surface area contributed by atoms with Gasteiger partial charge < -0.3 is 15.7 Å². The molecule has 3 N–H and O–H groups in total. The Bertz CT molecular complexity index is 632. The summed E-state index contributed by atoms with van der Waals surface area (Å²) in [6.07, 6.45) is 0. The predicted octanol–water partition coefficient (Wildman–Crippen LogP) is 1.59. The molecule has 0 aliphatic carbocycles. The second-order valence-electron chi connectivity index (χ2n) is 4.21. The van der Waals surface area contributed by atoms with Crippen molar-refractivity contribution in [3.63, 3.8) is 0 Å². The number of hydrogen-bond acceptors (Lipinski definition) is 4. The molecule has 100 valence electrons. The molecule has 0 atom stereocenters. The zero-order chi connectivity index (χ0) is 14.0. The molecular weight excluding hydrogens is 244 g/mol. The molecule has 0 spiro atoms. The number of methoxy groups -OCH3 is 1. The van der Waals surface area contributed by atoms with Crippen molar-refractivity contribution in [3.05, 3.63) is 41.2 Å². The summed E-state index contributed by atoms with van der Waals surface area (Å²) < 4.78 is 6.95. The van der Waals surface area contributed by atoms with Crippen LogP contribution in [-0.2, 0) is 0 Å². The van der Waals surface area contributed by atoms with Gasteiger partial charge >= 0.3 is 0 Å². The number of aromatic nitrogens is 2. The van der Waals surface area contributed by atoms with E-state index >= 15 is 0 Å². The van der Waals surface area contributed by atoms with Gasteiger partial charge in [-0.05, 0) is 32.0 Å². The highest BCUT2D eigenvalue weighted by Crippen LogP contribution is 2.22. The molecule has 0 saturated heterocycles. The summed E-state index contributed by atoms with van der Waals surface area (Å²) in [4.78, 5) is 0. The zero-order valence-corrected chi connectivity index (χ0v) is 11.1. The van der Waals surface area contributed by atoms with E-state index < -0.39 is 0 Å². The van der Waals surface area contributed by atoms with Crippen LogP contribution in [0.2, 0.25) is 0 Å². The smallest absolute Gasteiger partial charge is 0.172 e. The standard InChI is InChI=1S/C13H16N4O2/c1-8-6-9(2)17(15-8)12-7-10(19-3)4-5-11(12)13(14)16-18/h4-7,18H,1-3H3,(H2,14,16). The third-order valence-electron chi connectivity index (χ3n) is 2.83. The molecule has 2 rings (SSSR count). The van der Waals surface area contributed by atoms with Gasteiger partial charge in [-0.2, -0.15) is 5.10 Å². The molecule has 0 bridgehead atoms. The van der Waals surface area contributed by atoms with Gasteiger partial charge in [0.2, 0.25) is 0 Å². The Kier molecular flexibility index (Phi) is 3.41. The summed E-state index contributed by atoms with van der Waals surface area (Å²) in [5, 5.41) is 16.3. The highest BCUT2D eigenvalue weighted by molar-refractivity contribution is 6.00. The lowest BCUT2D eigenvalue weighted by molar-refractivity contribution is 0.318. The monoisotopic (exact) mass is 260 g/mol. The molecule has 0 amide bonds. The number of benzene rings is 1. The van der Waals surface area contributed by atoms with Crippen LogP contribution in [0.1, 0.15) is 17.0 Å². The van der Waals surface area contributed by atoms with Crippen LogP contribution in [0.5, 0.6) is 5.75 Å². The van der Waals surface area contributed by atoms with Crippen LogP contribution in [0.15, 0.2) is 29.4 Å². The molecule has 0 unspecified atom stereocenters. The number of nitrogens with two attached hydrogens (primary N) is 1. The minimum Gasteiger partial charge on any atom is -0.497 e. The third kappa shape index (κ3) is 2.37. The van der Waals surface area contributed by atoms with Gasteiger partial charge in [-0.25, -0.2) is 4.68 Å². The Morgan fingerprint density at radius 2 is 2.11 bits per heavy atom. The molecular formula is C13H16N4O2. The van der Waals surface area contributed by atoms with E-state index in [1.165, 1.54) is 0 Å². The number of hydrogen-bond donors (Lipinski definition) is 2. The fourth-order valence-corrected chi connectivity index (χ4v) is 1.96. The molecule has 1 aromatic carbocycles. The van der Waals surface area contributed by atoms with Crippen LogP contribution in [0.25, 0.3) is 5.69 Å². The van der Waals surface area contributed by atoms with Crippen molar-refractivity contribution in [2.45, 2.75) is 13.8 Å². The van der Waals surface area contributed by atoms with E-state index in [1.54, 1.807) is 30.0 Å². The largest absolute Gasteiger partial charge is 0.497 e. The number of rotatable bonds is 3. The summed E-state index contributed by atoms with van der Waals surface area (Å²) in [5.74, 6) is 0.710. The third-order valence-corrected chi connectivity index (χ3v) is 2.83. The van der Waals surface area contributed by atoms with Crippen molar-refractivity contribution in [2.75, 3.05) is 7.11 Å². The van der Waals surface area contributed by atoms with Gasteiger partial charge in [-0.3, -0.25) is 0 Å². The molecule has 2 aromatic rings. The van der Waals surface area contributed by atoms with Crippen LogP contribution < -0.4 is 10.5 Å². The first-order valence-corrected chi connectivity index (χ1v) is 5.76. The molecule has 0 aliphatic rings. The van der Waals surface area contributed by atoms with Gasteiger partial charge in [0.1, 0.15) is 5.75 Å². The Hall–Kier alpha value is -2.50. The molecule has 6 heteroatoms. The highest BCUT2D eigenvalue weighted by Gasteiger charge is 2.13. The number of amidine groups is 1. The maximum absolute atomic E-state index is 8.86. The lowest BCUT2D eigenvalue weighted by atomic mass is 10.1. The Labute approximate surface area is 111 Å². The van der Waals surface area contributed by atoms with Crippen LogP contribution in [0.3, 0.4) is 0 Å². The van der Waals surface area contributed by atoms with Crippen molar-refractivity contribution in [1.29, 1.82) is 0 Å². The van der Waals surface area contributed by atoms with E-state index in [4.69, 9.17) is 15.7 Å². The second-order valence-corrected chi connectivity index (χ2v) is 4.21. The molecule has 1 heterocycles. The Balaban J connectivity index is 2.68. The zero-order valence-electron chi connectivity index (χ0n) is 11.1. The summed E-state index contributed by atoms with van der Waals surface area (Å²) in [5.41, 5.74) is 8.85. The lowest BCUT2D eigenvalue weighted by Gasteiger charge is -2.12. The predicted molar refractivity (Wildman–Crippen MR) is 72.1 cm³/mol. The van der Waals surface area contributed by atoms with Crippen molar-refractivity contribution in [2.24, 2.45) is 10.9 Å². The number of oxime groups is 1. The molecule has 0 fully saturated rings. The minimum absolute atomic E-state index is 0.0326. The topological polar surface area (TPSA) is 85.7 Å². The van der Waals surface area contributed by atoms with E-state index in [0.717, 1.165) is 11.4 Å². The van der Waals surface area contributed by atoms with E-state index in [2.05, 4.69) is 10.3 Å². The van der Waals surface area contributed by atoms with Crippen molar-refractivity contribution in [3.8, 4) is 11.4 Å². The van der Waals surface area contributed by atoms with Gasteiger partial charge in [-0.15, -0.1) is 0 Å². The average Bonchev–Trinajstić information content (AvgIpc) is 2.76. The fourth-order valence-electron chi connectivity index (χ4n) is 1.96.